The highest BCUT2D eigenvalue weighted by atomic mass is 31.2. The maximum atomic E-state index is 14.6. The molecule has 6 nitrogen and oxygen atoms in total. The molecule has 8 heteroatoms. The first kappa shape index (κ1) is 28.8. The molecule has 1 saturated heterocycles. The van der Waals surface area contributed by atoms with Crippen LogP contribution in [0.4, 0.5) is 4.39 Å². The Morgan fingerprint density at radius 1 is 0.889 bits per heavy atom. The Morgan fingerprint density at radius 2 is 1.47 bits per heavy atom. The Morgan fingerprint density at radius 3 is 2.08 bits per heavy atom. The molecule has 200 valence electrons. The Labute approximate surface area is 214 Å². The molecule has 2 aromatic carbocycles. The van der Waals surface area contributed by atoms with Crippen LogP contribution in [0, 0.1) is 5.82 Å². The van der Waals surface area contributed by atoms with Gasteiger partial charge in [0, 0.05) is 19.4 Å². The normalized spacial score (nSPS) is 16.1. The Hall–Kier alpha value is -1.76. The van der Waals surface area contributed by atoms with Crippen molar-refractivity contribution in [2.45, 2.75) is 76.5 Å². The van der Waals surface area contributed by atoms with Crippen molar-refractivity contribution in [1.82, 2.24) is 5.25 Å². The predicted molar refractivity (Wildman–Crippen MR) is 141 cm³/mol. The first-order valence-electron chi connectivity index (χ1n) is 13.3. The molecule has 2 aromatic rings. The van der Waals surface area contributed by atoms with Crippen LogP contribution in [0.5, 0.6) is 5.75 Å². The lowest BCUT2D eigenvalue weighted by Crippen LogP contribution is -2.13. The fourth-order valence-corrected chi connectivity index (χ4v) is 5.43. The molecule has 0 radical (unpaired) electrons. The SMILES string of the molecule is O=P(O)(CCCCCCCCCCCOc1ccc(-c2ccc(C3CCOCC3)cc2)cc1F)NO. The molecule has 1 unspecified atom stereocenters. The van der Waals surface area contributed by atoms with Gasteiger partial charge in [-0.1, -0.05) is 75.3 Å². The van der Waals surface area contributed by atoms with Gasteiger partial charge in [-0.15, -0.1) is 5.25 Å². The molecule has 1 fully saturated rings. The van der Waals surface area contributed by atoms with Crippen molar-refractivity contribution >= 4 is 7.52 Å². The van der Waals surface area contributed by atoms with E-state index in [4.69, 9.17) is 14.7 Å². The van der Waals surface area contributed by atoms with Gasteiger partial charge in [0.15, 0.2) is 11.6 Å². The lowest BCUT2D eigenvalue weighted by Gasteiger charge is -2.22. The van der Waals surface area contributed by atoms with Crippen LogP contribution in [0.1, 0.15) is 82.1 Å². The zero-order valence-electron chi connectivity index (χ0n) is 21.2. The topological polar surface area (TPSA) is 88.0 Å². The molecule has 1 aliphatic heterocycles. The highest BCUT2D eigenvalue weighted by Crippen LogP contribution is 2.35. The lowest BCUT2D eigenvalue weighted by molar-refractivity contribution is 0.0853. The second kappa shape index (κ2) is 15.5. The van der Waals surface area contributed by atoms with Crippen LogP contribution in [-0.4, -0.2) is 36.1 Å². The van der Waals surface area contributed by atoms with Gasteiger partial charge in [-0.25, -0.2) is 4.39 Å². The quantitative estimate of drug-likeness (QED) is 0.121. The number of hydrogen-bond donors (Lipinski definition) is 3. The van der Waals surface area contributed by atoms with Gasteiger partial charge >= 0.3 is 0 Å². The fraction of sp³-hybridized carbons (Fsp3) is 0.571. The summed E-state index contributed by atoms with van der Waals surface area (Å²) in [5.41, 5.74) is 3.19. The molecule has 0 aliphatic carbocycles. The van der Waals surface area contributed by atoms with Crippen LogP contribution in [0.25, 0.3) is 11.1 Å². The second-order valence-electron chi connectivity index (χ2n) is 9.71. The molecule has 1 aliphatic rings. The van der Waals surface area contributed by atoms with E-state index in [0.29, 0.717) is 24.7 Å². The van der Waals surface area contributed by atoms with Crippen LogP contribution < -0.4 is 9.99 Å². The van der Waals surface area contributed by atoms with Gasteiger partial charge in [-0.3, -0.25) is 4.57 Å². The molecule has 0 aromatic heterocycles. The van der Waals surface area contributed by atoms with Gasteiger partial charge in [0.2, 0.25) is 0 Å². The average molecular weight is 522 g/mol. The molecule has 1 atom stereocenters. The van der Waals surface area contributed by atoms with E-state index in [1.54, 1.807) is 12.1 Å². The fourth-order valence-electron chi connectivity index (χ4n) is 4.67. The molecule has 0 amide bonds. The van der Waals surface area contributed by atoms with Crippen molar-refractivity contribution in [3.8, 4) is 16.9 Å². The number of benzene rings is 2. The van der Waals surface area contributed by atoms with E-state index in [9.17, 15) is 13.8 Å². The van der Waals surface area contributed by atoms with E-state index >= 15 is 0 Å². The molecule has 1 heterocycles. The third-order valence-electron chi connectivity index (χ3n) is 6.89. The molecular formula is C28H41FNO5P. The van der Waals surface area contributed by atoms with Gasteiger partial charge in [0.25, 0.3) is 7.52 Å². The summed E-state index contributed by atoms with van der Waals surface area (Å²) in [6.07, 6.45) is 11.2. The third-order valence-corrected chi connectivity index (χ3v) is 8.12. The van der Waals surface area contributed by atoms with Gasteiger partial charge in [-0.2, -0.15) is 0 Å². The monoisotopic (exact) mass is 521 g/mol. The van der Waals surface area contributed by atoms with Gasteiger partial charge in [0.05, 0.1) is 6.61 Å². The zero-order valence-corrected chi connectivity index (χ0v) is 22.1. The van der Waals surface area contributed by atoms with Crippen molar-refractivity contribution in [2.75, 3.05) is 26.0 Å². The smallest absolute Gasteiger partial charge is 0.289 e. The average Bonchev–Trinajstić information content (AvgIpc) is 2.90. The van der Waals surface area contributed by atoms with E-state index in [1.165, 1.54) is 10.8 Å². The van der Waals surface area contributed by atoms with E-state index in [0.717, 1.165) is 88.5 Å². The van der Waals surface area contributed by atoms with Crippen molar-refractivity contribution in [1.29, 1.82) is 0 Å². The van der Waals surface area contributed by atoms with Gasteiger partial charge in [0.1, 0.15) is 0 Å². The second-order valence-corrected chi connectivity index (χ2v) is 11.8. The molecule has 0 spiro atoms. The van der Waals surface area contributed by atoms with E-state index < -0.39 is 7.52 Å². The highest BCUT2D eigenvalue weighted by Gasteiger charge is 2.16. The van der Waals surface area contributed by atoms with Crippen LogP contribution >= 0.6 is 7.52 Å². The highest BCUT2D eigenvalue weighted by molar-refractivity contribution is 7.55. The van der Waals surface area contributed by atoms with Crippen LogP contribution in [-0.2, 0) is 9.30 Å². The summed E-state index contributed by atoms with van der Waals surface area (Å²) in [5.74, 6) is 0.534. The van der Waals surface area contributed by atoms with Crippen LogP contribution in [0.3, 0.4) is 0 Å². The Bertz CT molecular complexity index is 949. The van der Waals surface area contributed by atoms with Crippen LogP contribution in [0.15, 0.2) is 42.5 Å². The number of nitrogens with one attached hydrogen (secondary N) is 1. The first-order valence-corrected chi connectivity index (χ1v) is 15.2. The van der Waals surface area contributed by atoms with E-state index in [1.807, 2.05) is 6.07 Å². The van der Waals surface area contributed by atoms with Crippen molar-refractivity contribution in [2.24, 2.45) is 0 Å². The van der Waals surface area contributed by atoms with E-state index in [-0.39, 0.29) is 12.0 Å². The number of rotatable bonds is 16. The largest absolute Gasteiger partial charge is 0.491 e. The minimum absolute atomic E-state index is 0.108. The molecule has 0 saturated carbocycles. The summed E-state index contributed by atoms with van der Waals surface area (Å²) in [5, 5.41) is 10.0. The molecular weight excluding hydrogens is 480 g/mol. The van der Waals surface area contributed by atoms with Gasteiger partial charge < -0.3 is 19.6 Å². The molecule has 3 rings (SSSR count). The summed E-state index contributed by atoms with van der Waals surface area (Å²) >= 11 is 0. The van der Waals surface area contributed by atoms with Crippen LogP contribution in [0.2, 0.25) is 0 Å². The Balaban J connectivity index is 1.27. The standard InChI is InChI=1S/C28H41FNO5P/c29-27-22-26(24-12-10-23(11-13-24)25-16-19-34-20-17-25)14-15-28(27)35-18-8-6-4-2-1-3-5-7-9-21-36(32,33)30-31/h10-15,22,25,31H,1-9,16-21H2,(H2,30,32,33). The Kier molecular flexibility index (Phi) is 12.4. The number of unbranched alkanes of at least 4 members (excludes halogenated alkanes) is 8. The van der Waals surface area contributed by atoms with Crippen molar-refractivity contribution in [3.05, 3.63) is 53.8 Å². The minimum Gasteiger partial charge on any atom is -0.491 e. The predicted octanol–water partition coefficient (Wildman–Crippen LogP) is 7.44. The number of halogens is 1. The summed E-state index contributed by atoms with van der Waals surface area (Å²) < 4.78 is 37.0. The third kappa shape index (κ3) is 9.95. The number of ether oxygens (including phenoxy) is 2. The summed E-state index contributed by atoms with van der Waals surface area (Å²) in [6.45, 7) is 2.16. The van der Waals surface area contributed by atoms with Crippen molar-refractivity contribution in [3.63, 3.8) is 0 Å². The first-order chi connectivity index (χ1) is 17.5. The summed E-state index contributed by atoms with van der Waals surface area (Å²) in [7, 11) is -3.53. The summed E-state index contributed by atoms with van der Waals surface area (Å²) in [6, 6.07) is 13.6. The summed E-state index contributed by atoms with van der Waals surface area (Å²) in [4.78, 5) is 9.22. The molecule has 36 heavy (non-hydrogen) atoms. The van der Waals surface area contributed by atoms with Crippen molar-refractivity contribution < 1.29 is 28.5 Å². The van der Waals surface area contributed by atoms with E-state index in [2.05, 4.69) is 24.3 Å². The number of hydrogen-bond acceptors (Lipinski definition) is 4. The maximum Gasteiger partial charge on any atom is 0.289 e. The lowest BCUT2D eigenvalue weighted by atomic mass is 9.90. The molecule has 0 bridgehead atoms. The minimum atomic E-state index is -3.53. The van der Waals surface area contributed by atoms with Gasteiger partial charge in [-0.05, 0) is 60.4 Å². The molecule has 3 N–H and O–H groups in total. The zero-order chi connectivity index (χ0) is 25.6. The maximum absolute atomic E-state index is 14.6.